The van der Waals surface area contributed by atoms with E-state index in [1.807, 2.05) is 19.2 Å². The van der Waals surface area contributed by atoms with Crippen molar-refractivity contribution in [1.29, 1.82) is 5.26 Å². The first kappa shape index (κ1) is 20.5. The van der Waals surface area contributed by atoms with Crippen LogP contribution in [0.25, 0.3) is 22.5 Å². The first-order valence-corrected chi connectivity index (χ1v) is 11.3. The largest absolute Gasteiger partial charge is 0.352 e. The summed E-state index contributed by atoms with van der Waals surface area (Å²) in [6.07, 6.45) is 4.21. The number of nitriles is 1. The smallest absolute Gasteiger partial charge is 0.293 e. The molecule has 2 fully saturated rings. The predicted octanol–water partition coefficient (Wildman–Crippen LogP) is 3.79. The zero-order valence-corrected chi connectivity index (χ0v) is 18.3. The maximum Gasteiger partial charge on any atom is 0.293 e. The van der Waals surface area contributed by atoms with Crippen molar-refractivity contribution in [2.75, 3.05) is 18.0 Å². The Morgan fingerprint density at radius 1 is 0.969 bits per heavy atom. The molecule has 32 heavy (non-hydrogen) atoms. The molecule has 1 aromatic heterocycles. The standard InChI is InChI=1S/C26H27N5O/c1-30-24(21-10-8-19(9-11-21)18-6-7-18)23(20-4-2-17(16-27)3-5-20)29-25(26(30)32)31-14-12-22(28)13-15-31/h2-5,8-11,18,22H,6-7,12-15,28H2,1H3. The number of aromatic nitrogens is 2. The van der Waals surface area contributed by atoms with E-state index in [1.165, 1.54) is 18.4 Å². The van der Waals surface area contributed by atoms with E-state index >= 15 is 0 Å². The SMILES string of the molecule is Cn1c(-c2ccc(C3CC3)cc2)c(-c2ccc(C#N)cc2)nc(N2CCC(N)CC2)c1=O. The van der Waals surface area contributed by atoms with Gasteiger partial charge in [0.15, 0.2) is 5.82 Å². The number of anilines is 1. The summed E-state index contributed by atoms with van der Waals surface area (Å²) in [5, 5.41) is 9.20. The summed E-state index contributed by atoms with van der Waals surface area (Å²) in [6.45, 7) is 1.46. The Hall–Kier alpha value is -3.43. The van der Waals surface area contributed by atoms with Gasteiger partial charge < -0.3 is 15.2 Å². The molecule has 6 nitrogen and oxygen atoms in total. The van der Waals surface area contributed by atoms with Gasteiger partial charge in [-0.15, -0.1) is 0 Å². The van der Waals surface area contributed by atoms with Gasteiger partial charge in [0.1, 0.15) is 0 Å². The number of nitrogens with zero attached hydrogens (tertiary/aromatic N) is 4. The van der Waals surface area contributed by atoms with Crippen LogP contribution < -0.4 is 16.2 Å². The molecule has 0 amide bonds. The number of piperidine rings is 1. The van der Waals surface area contributed by atoms with Crippen molar-refractivity contribution >= 4 is 5.82 Å². The van der Waals surface area contributed by atoms with Crippen LogP contribution in [0.2, 0.25) is 0 Å². The Balaban J connectivity index is 1.66. The molecule has 2 heterocycles. The molecule has 0 unspecified atom stereocenters. The molecule has 6 heteroatoms. The Labute approximate surface area is 187 Å². The molecule has 0 radical (unpaired) electrons. The van der Waals surface area contributed by atoms with Crippen LogP contribution in [0.15, 0.2) is 53.3 Å². The third kappa shape index (κ3) is 3.80. The second-order valence-corrected chi connectivity index (χ2v) is 8.91. The molecule has 1 saturated heterocycles. The highest BCUT2D eigenvalue weighted by Gasteiger charge is 2.26. The van der Waals surface area contributed by atoms with Crippen LogP contribution in [0.3, 0.4) is 0 Å². The van der Waals surface area contributed by atoms with Gasteiger partial charge in [0.05, 0.1) is 23.0 Å². The maximum absolute atomic E-state index is 13.4. The molecular weight excluding hydrogens is 398 g/mol. The lowest BCUT2D eigenvalue weighted by Gasteiger charge is -2.31. The van der Waals surface area contributed by atoms with Crippen LogP contribution in [-0.4, -0.2) is 28.7 Å². The monoisotopic (exact) mass is 425 g/mol. The Bertz CT molecular complexity index is 1230. The minimum Gasteiger partial charge on any atom is -0.352 e. The second-order valence-electron chi connectivity index (χ2n) is 8.91. The van der Waals surface area contributed by atoms with E-state index in [0.717, 1.165) is 48.4 Å². The van der Waals surface area contributed by atoms with E-state index in [0.29, 0.717) is 17.3 Å². The van der Waals surface area contributed by atoms with Crippen LogP contribution >= 0.6 is 0 Å². The third-order valence-electron chi connectivity index (χ3n) is 6.63. The fourth-order valence-electron chi connectivity index (χ4n) is 4.50. The number of rotatable bonds is 4. The predicted molar refractivity (Wildman–Crippen MR) is 126 cm³/mol. The average Bonchev–Trinajstić information content (AvgIpc) is 3.67. The molecule has 1 aliphatic carbocycles. The number of hydrogen-bond donors (Lipinski definition) is 1. The summed E-state index contributed by atoms with van der Waals surface area (Å²) in [5.41, 5.74) is 11.3. The molecule has 0 atom stereocenters. The lowest BCUT2D eigenvalue weighted by Crippen LogP contribution is -2.43. The lowest BCUT2D eigenvalue weighted by atomic mass is 10.0. The van der Waals surface area contributed by atoms with Gasteiger partial charge in [0.25, 0.3) is 5.56 Å². The molecule has 2 N–H and O–H groups in total. The van der Waals surface area contributed by atoms with Crippen molar-refractivity contribution in [3.8, 4) is 28.6 Å². The topological polar surface area (TPSA) is 87.9 Å². The lowest BCUT2D eigenvalue weighted by molar-refractivity contribution is 0.496. The Kier molecular flexibility index (Phi) is 5.28. The molecule has 2 aliphatic rings. The van der Waals surface area contributed by atoms with E-state index in [-0.39, 0.29) is 11.6 Å². The zero-order valence-electron chi connectivity index (χ0n) is 18.3. The molecule has 3 aromatic rings. The van der Waals surface area contributed by atoms with E-state index in [2.05, 4.69) is 35.2 Å². The fourth-order valence-corrected chi connectivity index (χ4v) is 4.50. The zero-order chi connectivity index (χ0) is 22.2. The van der Waals surface area contributed by atoms with Crippen molar-refractivity contribution in [1.82, 2.24) is 9.55 Å². The quantitative estimate of drug-likeness (QED) is 0.687. The summed E-state index contributed by atoms with van der Waals surface area (Å²) in [7, 11) is 1.82. The average molecular weight is 426 g/mol. The van der Waals surface area contributed by atoms with Crippen LogP contribution in [0.5, 0.6) is 0 Å². The van der Waals surface area contributed by atoms with Gasteiger partial charge in [0, 0.05) is 37.3 Å². The minimum absolute atomic E-state index is 0.0980. The van der Waals surface area contributed by atoms with Gasteiger partial charge in [-0.1, -0.05) is 36.4 Å². The molecule has 0 spiro atoms. The van der Waals surface area contributed by atoms with Crippen molar-refractivity contribution < 1.29 is 0 Å². The molecule has 0 bridgehead atoms. The van der Waals surface area contributed by atoms with Crippen LogP contribution in [0.4, 0.5) is 5.82 Å². The number of benzene rings is 2. The van der Waals surface area contributed by atoms with Gasteiger partial charge in [-0.05, 0) is 49.3 Å². The van der Waals surface area contributed by atoms with Crippen LogP contribution in [0.1, 0.15) is 42.7 Å². The van der Waals surface area contributed by atoms with Crippen LogP contribution in [0, 0.1) is 11.3 Å². The molecule has 2 aromatic carbocycles. The summed E-state index contributed by atoms with van der Waals surface area (Å²) >= 11 is 0. The highest BCUT2D eigenvalue weighted by Crippen LogP contribution is 2.41. The highest BCUT2D eigenvalue weighted by molar-refractivity contribution is 5.79. The Morgan fingerprint density at radius 2 is 1.59 bits per heavy atom. The van der Waals surface area contributed by atoms with Gasteiger partial charge in [0.2, 0.25) is 0 Å². The van der Waals surface area contributed by atoms with E-state index in [9.17, 15) is 10.1 Å². The molecule has 5 rings (SSSR count). The third-order valence-corrected chi connectivity index (χ3v) is 6.63. The minimum atomic E-state index is -0.0980. The van der Waals surface area contributed by atoms with Gasteiger partial charge in [-0.25, -0.2) is 4.98 Å². The molecular formula is C26H27N5O. The van der Waals surface area contributed by atoms with E-state index < -0.39 is 0 Å². The Morgan fingerprint density at radius 3 is 2.19 bits per heavy atom. The van der Waals surface area contributed by atoms with Gasteiger partial charge >= 0.3 is 0 Å². The first-order valence-electron chi connectivity index (χ1n) is 11.3. The number of nitrogens with two attached hydrogens (primary N) is 1. The highest BCUT2D eigenvalue weighted by atomic mass is 16.1. The fraction of sp³-hybridized carbons (Fsp3) is 0.346. The summed E-state index contributed by atoms with van der Waals surface area (Å²) in [6, 6.07) is 18.3. The van der Waals surface area contributed by atoms with Gasteiger partial charge in [-0.3, -0.25) is 4.79 Å². The summed E-state index contributed by atoms with van der Waals surface area (Å²) < 4.78 is 1.72. The van der Waals surface area contributed by atoms with Crippen molar-refractivity contribution in [3.63, 3.8) is 0 Å². The maximum atomic E-state index is 13.4. The number of hydrogen-bond acceptors (Lipinski definition) is 5. The van der Waals surface area contributed by atoms with E-state index in [1.54, 1.807) is 16.7 Å². The molecule has 1 aliphatic heterocycles. The molecule has 162 valence electrons. The summed E-state index contributed by atoms with van der Waals surface area (Å²) in [4.78, 5) is 20.4. The first-order chi connectivity index (χ1) is 15.5. The summed E-state index contributed by atoms with van der Waals surface area (Å²) in [5.74, 6) is 1.15. The molecule has 1 saturated carbocycles. The van der Waals surface area contributed by atoms with Crippen molar-refractivity contribution in [3.05, 3.63) is 70.0 Å². The van der Waals surface area contributed by atoms with Gasteiger partial charge in [-0.2, -0.15) is 5.26 Å². The van der Waals surface area contributed by atoms with E-state index in [4.69, 9.17) is 10.7 Å². The second kappa shape index (κ2) is 8.25. The van der Waals surface area contributed by atoms with Crippen molar-refractivity contribution in [2.45, 2.75) is 37.6 Å². The van der Waals surface area contributed by atoms with Crippen molar-refractivity contribution in [2.24, 2.45) is 12.8 Å². The normalized spacial score (nSPS) is 16.7. The van der Waals surface area contributed by atoms with Crippen LogP contribution in [-0.2, 0) is 7.05 Å².